The van der Waals surface area contributed by atoms with E-state index in [1.807, 2.05) is 0 Å². The number of Topliss-reactive ketones (excluding diaryl/α,β-unsaturated/α-hetero) is 1. The van der Waals surface area contributed by atoms with Crippen molar-refractivity contribution in [2.75, 3.05) is 33.9 Å². The second-order valence-electron chi connectivity index (χ2n) is 19.7. The molecule has 19 atom stereocenters. The van der Waals surface area contributed by atoms with Gasteiger partial charge in [-0.05, 0) is 75.5 Å². The van der Waals surface area contributed by atoms with E-state index in [2.05, 4.69) is 45.4 Å². The molecule has 0 unspecified atom stereocenters. The average Bonchev–Trinajstić information content (AvgIpc) is 3.88. The average molecular weight is 826 g/mol. The van der Waals surface area contributed by atoms with Gasteiger partial charge in [0.25, 0.3) is 0 Å². The van der Waals surface area contributed by atoms with Gasteiger partial charge in [-0.3, -0.25) is 9.69 Å². The Kier molecular flexibility index (Phi) is 12.7. The van der Waals surface area contributed by atoms with Crippen molar-refractivity contribution in [3.63, 3.8) is 0 Å². The van der Waals surface area contributed by atoms with E-state index in [0.29, 0.717) is 44.4 Å². The van der Waals surface area contributed by atoms with Gasteiger partial charge in [0, 0.05) is 71.8 Å². The molecule has 12 bridgehead atoms. The van der Waals surface area contributed by atoms with E-state index < -0.39 is 5.79 Å². The number of fused-ring (bicyclic) bond motifs is 6. The van der Waals surface area contributed by atoms with Gasteiger partial charge in [-0.15, -0.1) is 0 Å². The van der Waals surface area contributed by atoms with Crippen LogP contribution in [0, 0.1) is 11.8 Å². The van der Waals surface area contributed by atoms with Crippen LogP contribution in [0.4, 0.5) is 0 Å². The van der Waals surface area contributed by atoms with Gasteiger partial charge in [-0.2, -0.15) is 0 Å². The van der Waals surface area contributed by atoms with Crippen LogP contribution in [0.2, 0.25) is 0 Å². The molecule has 12 heteroatoms. The van der Waals surface area contributed by atoms with Crippen molar-refractivity contribution in [2.45, 2.75) is 208 Å². The van der Waals surface area contributed by atoms with Crippen molar-refractivity contribution in [3.8, 4) is 0 Å². The van der Waals surface area contributed by atoms with Crippen molar-refractivity contribution in [1.29, 1.82) is 0 Å². The number of likely N-dealkylation sites (N-methyl/N-ethyl adjacent to an activating group) is 1. The third kappa shape index (κ3) is 8.61. The predicted molar refractivity (Wildman–Crippen MR) is 219 cm³/mol. The molecule has 0 aromatic heterocycles. The number of rotatable bonds is 9. The van der Waals surface area contributed by atoms with Crippen LogP contribution in [0.1, 0.15) is 104 Å². The molecule has 1 spiro atoms. The molecule has 0 saturated carbocycles. The lowest BCUT2D eigenvalue weighted by molar-refractivity contribution is -0.292. The molecule has 0 amide bonds. The highest BCUT2D eigenvalue weighted by Crippen LogP contribution is 2.54. The Balaban J connectivity index is 0.976. The number of hydrogen-bond acceptors (Lipinski definition) is 12. The van der Waals surface area contributed by atoms with Gasteiger partial charge in [0.05, 0.1) is 67.1 Å². The van der Waals surface area contributed by atoms with E-state index in [1.54, 1.807) is 14.2 Å². The lowest BCUT2D eigenvalue weighted by Gasteiger charge is -2.47. The van der Waals surface area contributed by atoms with Crippen molar-refractivity contribution < 1.29 is 52.2 Å². The summed E-state index contributed by atoms with van der Waals surface area (Å²) in [5.74, 6) is -0.495. The van der Waals surface area contributed by atoms with Crippen LogP contribution >= 0.6 is 0 Å². The number of ketones is 1. The largest absolute Gasteiger partial charge is 0.380 e. The van der Waals surface area contributed by atoms with Crippen molar-refractivity contribution in [2.24, 2.45) is 11.8 Å². The van der Waals surface area contributed by atoms with Crippen LogP contribution in [0.3, 0.4) is 0 Å². The third-order valence-corrected chi connectivity index (χ3v) is 15.4. The second-order valence-corrected chi connectivity index (χ2v) is 19.7. The SMILES string of the molecule is C=C(C)CN(CC)C[C@H](C[C@H]1O[C@H]2C[C@H]3O[C@@H](CC[C@@H]4O[C@@H](CC[C@@]56C[C@H]7O[C@H]8[C@@H](O5)[C@H]5O[C@H](CC[C@@H]5O[C@H]8[C@H]7O6)CC(=O)C[C@@H]2[C@H]1OC)CC4=C)C[C@@H](C)C3=C)OC. The van der Waals surface area contributed by atoms with E-state index in [4.69, 9.17) is 47.4 Å². The van der Waals surface area contributed by atoms with Crippen LogP contribution < -0.4 is 0 Å². The van der Waals surface area contributed by atoms with Crippen LogP contribution in [0.5, 0.6) is 0 Å². The molecule has 10 rings (SSSR count). The monoisotopic (exact) mass is 826 g/mol. The summed E-state index contributed by atoms with van der Waals surface area (Å²) >= 11 is 0. The third-order valence-electron chi connectivity index (χ3n) is 15.4. The van der Waals surface area contributed by atoms with Crippen LogP contribution in [0.25, 0.3) is 0 Å². The minimum atomic E-state index is -0.776. The minimum Gasteiger partial charge on any atom is -0.380 e. The Morgan fingerprint density at radius 1 is 0.814 bits per heavy atom. The highest BCUT2D eigenvalue weighted by molar-refractivity contribution is 5.79. The zero-order chi connectivity index (χ0) is 41.2. The molecule has 59 heavy (non-hydrogen) atoms. The van der Waals surface area contributed by atoms with Crippen molar-refractivity contribution in [3.05, 3.63) is 36.5 Å². The van der Waals surface area contributed by atoms with Gasteiger partial charge in [0.15, 0.2) is 5.79 Å². The lowest BCUT2D eigenvalue weighted by Crippen LogP contribution is -2.61. The molecule has 0 aliphatic carbocycles. The Morgan fingerprint density at radius 2 is 1.56 bits per heavy atom. The van der Waals surface area contributed by atoms with E-state index in [1.165, 1.54) is 0 Å². The van der Waals surface area contributed by atoms with E-state index >= 15 is 0 Å². The van der Waals surface area contributed by atoms with Crippen LogP contribution in [-0.2, 0) is 52.2 Å². The Hall–Kier alpha value is -1.55. The molecule has 0 aromatic rings. The van der Waals surface area contributed by atoms with E-state index in [-0.39, 0.29) is 109 Å². The number of hydrogen-bond donors (Lipinski definition) is 0. The van der Waals surface area contributed by atoms with Crippen LogP contribution in [-0.4, -0.2) is 148 Å². The molecule has 12 nitrogen and oxygen atoms in total. The first-order chi connectivity index (χ1) is 28.4. The van der Waals surface area contributed by atoms with Crippen molar-refractivity contribution in [1.82, 2.24) is 4.90 Å². The summed E-state index contributed by atoms with van der Waals surface area (Å²) in [6.45, 7) is 22.1. The molecule has 10 heterocycles. The number of carbonyl (C=O) groups is 1. The van der Waals surface area contributed by atoms with Gasteiger partial charge in [-0.1, -0.05) is 39.2 Å². The molecule has 330 valence electrons. The summed E-state index contributed by atoms with van der Waals surface area (Å²) in [5.41, 5.74) is 3.37. The number of carbonyl (C=O) groups excluding carboxylic acids is 1. The number of methoxy groups -OCH3 is 2. The summed E-state index contributed by atoms with van der Waals surface area (Å²) in [6.07, 6.45) is 6.47. The summed E-state index contributed by atoms with van der Waals surface area (Å²) in [4.78, 5) is 16.7. The lowest BCUT2D eigenvalue weighted by atomic mass is 9.81. The molecule has 0 radical (unpaired) electrons. The Bertz CT molecular complexity index is 1570. The standard InChI is InChI=1S/C47H71NO11/c1-9-48(23-25(2)3)24-33(50-7)20-39-41(51-8)34-19-29(49)18-31-11-13-36-42(54-31)46-45-44(56-36)43-40(57-45)22-47(58-43,59-46)15-14-32-17-27(5)35(52-32)12-10-30-16-26(4)28(6)37(53-30)21-38(34)55-39/h26,30-46H,2,5-6,9-24H2,1,3-4,7-8H3/t26-,30+,31-,32+,33+,34+,35+,36+,37-,38+,39-,40-,41-,42+,43+,44+,45-,46+,47+/m1/s1. The molecule has 10 saturated heterocycles. The Morgan fingerprint density at radius 3 is 2.34 bits per heavy atom. The summed E-state index contributed by atoms with van der Waals surface area (Å²) in [6, 6.07) is 0. The fourth-order valence-electron chi connectivity index (χ4n) is 12.4. The highest BCUT2D eigenvalue weighted by Gasteiger charge is 2.68. The first kappa shape index (κ1) is 42.7. The topological polar surface area (TPSA) is 113 Å². The first-order valence-corrected chi connectivity index (χ1v) is 23.0. The van der Waals surface area contributed by atoms with Gasteiger partial charge < -0.3 is 47.4 Å². The molecule has 10 fully saturated rings. The molecule has 10 aliphatic heterocycles. The maximum atomic E-state index is 14.4. The quantitative estimate of drug-likeness (QED) is 0.253. The van der Waals surface area contributed by atoms with Gasteiger partial charge in [0.2, 0.25) is 0 Å². The molecular formula is C47H71NO11. The zero-order valence-electron chi connectivity index (χ0n) is 36.3. The molecular weight excluding hydrogens is 755 g/mol. The maximum Gasteiger partial charge on any atom is 0.172 e. The van der Waals surface area contributed by atoms with Crippen LogP contribution in [0.15, 0.2) is 36.5 Å². The normalized spacial score (nSPS) is 47.6. The summed E-state index contributed by atoms with van der Waals surface area (Å²) < 4.78 is 67.2. The first-order valence-electron chi connectivity index (χ1n) is 23.0. The number of ether oxygens (including phenoxy) is 10. The summed E-state index contributed by atoms with van der Waals surface area (Å²) in [5, 5.41) is 0. The van der Waals surface area contributed by atoms with Crippen molar-refractivity contribution >= 4 is 5.78 Å². The second kappa shape index (κ2) is 17.5. The molecule has 0 N–H and O–H groups in total. The predicted octanol–water partition coefficient (Wildman–Crippen LogP) is 6.03. The molecule has 10 aliphatic rings. The Labute approximate surface area is 351 Å². The van der Waals surface area contributed by atoms with E-state index in [0.717, 1.165) is 81.3 Å². The fourth-order valence-corrected chi connectivity index (χ4v) is 12.4. The van der Waals surface area contributed by atoms with Gasteiger partial charge in [0.1, 0.15) is 36.3 Å². The number of nitrogens with zero attached hydrogens (tertiary/aromatic N) is 1. The van der Waals surface area contributed by atoms with Gasteiger partial charge >= 0.3 is 0 Å². The van der Waals surface area contributed by atoms with Gasteiger partial charge in [-0.25, -0.2) is 0 Å². The smallest absolute Gasteiger partial charge is 0.172 e. The fraction of sp³-hybridized carbons (Fsp3) is 0.851. The zero-order valence-corrected chi connectivity index (χ0v) is 36.3. The minimum absolute atomic E-state index is 0.00763. The maximum absolute atomic E-state index is 14.4. The summed E-state index contributed by atoms with van der Waals surface area (Å²) in [7, 11) is 3.52. The molecule has 0 aromatic carbocycles. The highest BCUT2D eigenvalue weighted by atomic mass is 16.8. The van der Waals surface area contributed by atoms with E-state index in [9.17, 15) is 4.79 Å².